The van der Waals surface area contributed by atoms with E-state index in [1.807, 2.05) is 6.08 Å². The average Bonchev–Trinajstić information content (AvgIpc) is 3.73. The molecule has 2 heterocycles. The minimum Gasteiger partial charge on any atom is -0.491 e. The van der Waals surface area contributed by atoms with Gasteiger partial charge in [0.25, 0.3) is 0 Å². The van der Waals surface area contributed by atoms with E-state index in [0.717, 1.165) is 25.9 Å². The topological polar surface area (TPSA) is 88.6 Å². The van der Waals surface area contributed by atoms with Crippen LogP contribution in [-0.2, 0) is 9.53 Å². The van der Waals surface area contributed by atoms with Crippen molar-refractivity contribution in [3.8, 4) is 5.75 Å². The van der Waals surface area contributed by atoms with E-state index in [1.54, 1.807) is 12.1 Å². The van der Waals surface area contributed by atoms with Crippen LogP contribution in [0.25, 0.3) is 10.9 Å². The van der Waals surface area contributed by atoms with E-state index in [0.29, 0.717) is 66.1 Å². The van der Waals surface area contributed by atoms with E-state index in [-0.39, 0.29) is 16.0 Å². The zero-order valence-corrected chi connectivity index (χ0v) is 21.5. The van der Waals surface area contributed by atoms with Crippen molar-refractivity contribution in [2.24, 2.45) is 5.92 Å². The van der Waals surface area contributed by atoms with Crippen molar-refractivity contribution in [3.05, 3.63) is 58.6 Å². The largest absolute Gasteiger partial charge is 0.491 e. The van der Waals surface area contributed by atoms with Crippen molar-refractivity contribution in [2.45, 2.75) is 12.8 Å². The van der Waals surface area contributed by atoms with Gasteiger partial charge >= 0.3 is 0 Å². The highest BCUT2D eigenvalue weighted by Crippen LogP contribution is 2.38. The Morgan fingerprint density at radius 1 is 1.16 bits per heavy atom. The van der Waals surface area contributed by atoms with Crippen molar-refractivity contribution in [3.63, 3.8) is 0 Å². The summed E-state index contributed by atoms with van der Waals surface area (Å²) in [5.74, 6) is 0.585. The first-order chi connectivity index (χ1) is 18.0. The number of morpholine rings is 1. The Hall–Kier alpha value is -2.98. The number of ether oxygens (including phenoxy) is 2. The van der Waals surface area contributed by atoms with Gasteiger partial charge in [-0.1, -0.05) is 29.3 Å². The first-order valence-electron chi connectivity index (χ1n) is 12.1. The number of amides is 1. The molecule has 2 aliphatic rings. The highest BCUT2D eigenvalue weighted by atomic mass is 35.5. The second-order valence-corrected chi connectivity index (χ2v) is 9.75. The molecule has 3 aromatic rings. The zero-order valence-electron chi connectivity index (χ0n) is 20.0. The van der Waals surface area contributed by atoms with E-state index < -0.39 is 5.82 Å². The number of nitrogens with zero attached hydrogens (tertiary/aromatic N) is 3. The molecule has 11 heteroatoms. The first-order valence-corrected chi connectivity index (χ1v) is 12.8. The lowest BCUT2D eigenvalue weighted by Gasteiger charge is -2.25. The summed E-state index contributed by atoms with van der Waals surface area (Å²) in [4.78, 5) is 23.7. The summed E-state index contributed by atoms with van der Waals surface area (Å²) in [7, 11) is 0. The predicted molar refractivity (Wildman–Crippen MR) is 142 cm³/mol. The summed E-state index contributed by atoms with van der Waals surface area (Å²) in [6.45, 7) is 4.33. The zero-order chi connectivity index (χ0) is 25.8. The number of rotatable bonds is 9. The Bertz CT molecular complexity index is 1330. The van der Waals surface area contributed by atoms with Crippen molar-refractivity contribution >= 4 is 57.2 Å². The van der Waals surface area contributed by atoms with Crippen LogP contribution in [0.5, 0.6) is 5.75 Å². The smallest absolute Gasteiger partial charge is 0.248 e. The van der Waals surface area contributed by atoms with Crippen molar-refractivity contribution < 1.29 is 18.7 Å². The van der Waals surface area contributed by atoms with E-state index in [2.05, 4.69) is 25.5 Å². The van der Waals surface area contributed by atoms with Crippen LogP contribution < -0.4 is 15.4 Å². The van der Waals surface area contributed by atoms with Crippen molar-refractivity contribution in [1.29, 1.82) is 0 Å². The number of benzene rings is 2. The van der Waals surface area contributed by atoms with Crippen LogP contribution in [0.1, 0.15) is 12.8 Å². The van der Waals surface area contributed by atoms with Gasteiger partial charge in [0, 0.05) is 37.2 Å². The number of anilines is 3. The summed E-state index contributed by atoms with van der Waals surface area (Å²) in [6, 6.07) is 6.23. The van der Waals surface area contributed by atoms with Crippen LogP contribution in [0.3, 0.4) is 0 Å². The van der Waals surface area contributed by atoms with Crippen LogP contribution in [0.15, 0.2) is 42.7 Å². The first kappa shape index (κ1) is 25.7. The molecule has 1 aliphatic carbocycles. The highest BCUT2D eigenvalue weighted by molar-refractivity contribution is 6.43. The SMILES string of the molecule is O=C(/C=C/CN1CCOCC1)Nc1cc2c(Nc3ccc(F)c(Cl)c3Cl)ncnc2cc1OCC1CC1. The van der Waals surface area contributed by atoms with E-state index in [1.165, 1.54) is 24.5 Å². The summed E-state index contributed by atoms with van der Waals surface area (Å²) < 4.78 is 25.2. The monoisotopic (exact) mass is 545 g/mol. The van der Waals surface area contributed by atoms with E-state index in [4.69, 9.17) is 32.7 Å². The molecule has 0 radical (unpaired) electrons. The van der Waals surface area contributed by atoms with Crippen LogP contribution in [0.2, 0.25) is 10.0 Å². The standard InChI is InChI=1S/C26H26Cl2FN5O3/c27-24-18(29)5-6-19(25(24)28)33-26-17-12-21(32-23(35)2-1-7-34-8-10-36-11-9-34)22(37-14-16-3-4-16)13-20(17)30-15-31-26/h1-2,5-6,12-13,15-16H,3-4,7-11,14H2,(H,32,35)(H,30,31,33)/b2-1+. The van der Waals surface area contributed by atoms with Gasteiger partial charge in [0.05, 0.1) is 46.8 Å². The predicted octanol–water partition coefficient (Wildman–Crippen LogP) is 5.44. The van der Waals surface area contributed by atoms with Gasteiger partial charge in [-0.3, -0.25) is 9.69 Å². The number of carbonyl (C=O) groups is 1. The molecule has 0 unspecified atom stereocenters. The molecule has 2 N–H and O–H groups in total. The van der Waals surface area contributed by atoms with Gasteiger partial charge in [-0.2, -0.15) is 0 Å². The Morgan fingerprint density at radius 3 is 2.76 bits per heavy atom. The summed E-state index contributed by atoms with van der Waals surface area (Å²) in [5.41, 5.74) is 1.49. The van der Waals surface area contributed by atoms with Crippen molar-refractivity contribution in [1.82, 2.24) is 14.9 Å². The molecule has 8 nitrogen and oxygen atoms in total. The number of halogens is 3. The minimum atomic E-state index is -0.617. The molecule has 1 saturated carbocycles. The van der Waals surface area contributed by atoms with Crippen LogP contribution in [0, 0.1) is 11.7 Å². The molecule has 37 heavy (non-hydrogen) atoms. The Kier molecular flexibility index (Phi) is 8.05. The van der Waals surface area contributed by atoms with Gasteiger partial charge in [-0.05, 0) is 37.0 Å². The molecule has 1 amide bonds. The molecule has 5 rings (SSSR count). The molecule has 1 aromatic heterocycles. The molecular formula is C26H26Cl2FN5O3. The summed E-state index contributed by atoms with van der Waals surface area (Å²) in [6.07, 6.45) is 7.03. The lowest BCUT2D eigenvalue weighted by atomic mass is 10.1. The van der Waals surface area contributed by atoms with Gasteiger partial charge in [0.15, 0.2) is 0 Å². The second-order valence-electron chi connectivity index (χ2n) is 8.99. The maximum atomic E-state index is 13.8. The maximum absolute atomic E-state index is 13.8. The van der Waals surface area contributed by atoms with Crippen LogP contribution in [0.4, 0.5) is 21.6 Å². The van der Waals surface area contributed by atoms with Crippen LogP contribution in [-0.4, -0.2) is 60.2 Å². The Morgan fingerprint density at radius 2 is 1.97 bits per heavy atom. The molecule has 0 atom stereocenters. The van der Waals surface area contributed by atoms with Crippen LogP contribution >= 0.6 is 23.2 Å². The number of aromatic nitrogens is 2. The molecule has 1 aliphatic heterocycles. The van der Waals surface area contributed by atoms with Crippen molar-refractivity contribution in [2.75, 3.05) is 50.1 Å². The van der Waals surface area contributed by atoms with Gasteiger partial charge < -0.3 is 20.1 Å². The van der Waals surface area contributed by atoms with Gasteiger partial charge in [0.2, 0.25) is 5.91 Å². The number of hydrogen-bond donors (Lipinski definition) is 2. The third-order valence-electron chi connectivity index (χ3n) is 6.19. The minimum absolute atomic E-state index is 0.0387. The third-order valence-corrected chi connectivity index (χ3v) is 7.05. The highest BCUT2D eigenvalue weighted by Gasteiger charge is 2.23. The number of fused-ring (bicyclic) bond motifs is 1. The molecule has 0 spiro atoms. The fourth-order valence-corrected chi connectivity index (χ4v) is 4.28. The number of nitrogens with one attached hydrogen (secondary N) is 2. The van der Waals surface area contributed by atoms with Gasteiger partial charge in [-0.25, -0.2) is 14.4 Å². The molecule has 2 aromatic carbocycles. The molecule has 1 saturated heterocycles. The van der Waals surface area contributed by atoms with E-state index in [9.17, 15) is 9.18 Å². The Labute approximate surface area is 223 Å². The lowest BCUT2D eigenvalue weighted by molar-refractivity contribution is -0.111. The lowest BCUT2D eigenvalue weighted by Crippen LogP contribution is -2.36. The fraction of sp³-hybridized carbons (Fsp3) is 0.346. The molecule has 2 fully saturated rings. The Balaban J connectivity index is 1.40. The summed E-state index contributed by atoms with van der Waals surface area (Å²) in [5, 5.41) is 6.50. The average molecular weight is 546 g/mol. The maximum Gasteiger partial charge on any atom is 0.248 e. The van der Waals surface area contributed by atoms with Gasteiger partial charge in [-0.15, -0.1) is 0 Å². The van der Waals surface area contributed by atoms with E-state index >= 15 is 0 Å². The number of carbonyl (C=O) groups excluding carboxylic acids is 1. The van der Waals surface area contributed by atoms with Gasteiger partial charge in [0.1, 0.15) is 23.7 Å². The quantitative estimate of drug-likeness (QED) is 0.273. The third kappa shape index (κ3) is 6.48. The molecule has 0 bridgehead atoms. The second kappa shape index (κ2) is 11.6. The summed E-state index contributed by atoms with van der Waals surface area (Å²) >= 11 is 12.2. The normalized spacial score (nSPS) is 16.3. The molecular weight excluding hydrogens is 520 g/mol. The molecule has 194 valence electrons. The fourth-order valence-electron chi connectivity index (χ4n) is 3.91. The number of hydrogen-bond acceptors (Lipinski definition) is 7.